The molecule has 0 amide bonds. The molecule has 0 aliphatic heterocycles. The largest absolute Gasteiger partial charge is 0.433 e. The van der Waals surface area contributed by atoms with Crippen molar-refractivity contribution in [3.8, 4) is 0 Å². The molecule has 1 unspecified atom stereocenters. The molecule has 1 atom stereocenters. The Balaban J connectivity index is 2.34. The molecule has 1 fully saturated rings. The van der Waals surface area contributed by atoms with Gasteiger partial charge in [0, 0.05) is 19.1 Å². The normalized spacial score (nSPS) is 18.2. The summed E-state index contributed by atoms with van der Waals surface area (Å²) in [4.78, 5) is 28.5. The van der Waals surface area contributed by atoms with E-state index in [1.54, 1.807) is 0 Å². The Morgan fingerprint density at radius 3 is 2.65 bits per heavy atom. The number of ether oxygens (including phenoxy) is 2. The van der Waals surface area contributed by atoms with Crippen molar-refractivity contribution in [2.45, 2.75) is 32.0 Å². The number of pyridine rings is 1. The molecule has 0 radical (unpaired) electrons. The lowest BCUT2D eigenvalue weighted by Crippen LogP contribution is -2.30. The van der Waals surface area contributed by atoms with Crippen molar-refractivity contribution in [2.24, 2.45) is 5.92 Å². The molecule has 0 bridgehead atoms. The Hall–Kier alpha value is -2.06. The lowest BCUT2D eigenvalue weighted by atomic mass is 9.79. The summed E-state index contributed by atoms with van der Waals surface area (Å²) in [6, 6.07) is 1.80. The van der Waals surface area contributed by atoms with Crippen LogP contribution in [0.4, 0.5) is 13.2 Å². The molecule has 0 N–H and O–H groups in total. The van der Waals surface area contributed by atoms with Gasteiger partial charge in [0.05, 0.1) is 25.5 Å². The topological polar surface area (TPSA) is 65.5 Å². The van der Waals surface area contributed by atoms with Crippen LogP contribution in [0.25, 0.3) is 0 Å². The molecule has 1 aliphatic rings. The van der Waals surface area contributed by atoms with Crippen LogP contribution in [0.5, 0.6) is 0 Å². The quantitative estimate of drug-likeness (QED) is 0.318. The van der Waals surface area contributed by atoms with Crippen molar-refractivity contribution < 1.29 is 32.2 Å². The third-order valence-electron chi connectivity index (χ3n) is 4.11. The molecule has 0 saturated heterocycles. The van der Waals surface area contributed by atoms with Crippen molar-refractivity contribution >= 4 is 11.6 Å². The molecular formula is C18H20F3NO4. The van der Waals surface area contributed by atoms with E-state index in [1.807, 2.05) is 0 Å². The minimum absolute atomic E-state index is 0.0446. The van der Waals surface area contributed by atoms with E-state index in [0.717, 1.165) is 12.1 Å². The summed E-state index contributed by atoms with van der Waals surface area (Å²) in [7, 11) is 1.46. The number of hydrogen-bond donors (Lipinski definition) is 0. The number of aromatic nitrogens is 1. The van der Waals surface area contributed by atoms with Crippen LogP contribution in [-0.2, 0) is 27.1 Å². The number of nitrogens with zero attached hydrogens (tertiary/aromatic N) is 1. The smallest absolute Gasteiger partial charge is 0.382 e. The second-order valence-electron chi connectivity index (χ2n) is 6.01. The Morgan fingerprint density at radius 2 is 2.04 bits per heavy atom. The number of halogens is 3. The number of rotatable bonds is 7. The minimum Gasteiger partial charge on any atom is -0.382 e. The van der Waals surface area contributed by atoms with Crippen LogP contribution in [-0.4, -0.2) is 36.9 Å². The molecule has 1 aromatic rings. The first-order valence-corrected chi connectivity index (χ1v) is 8.14. The summed E-state index contributed by atoms with van der Waals surface area (Å²) in [5, 5.41) is 0. The summed E-state index contributed by atoms with van der Waals surface area (Å²) in [5.41, 5.74) is -0.825. The number of alkyl halides is 3. The van der Waals surface area contributed by atoms with Gasteiger partial charge in [-0.05, 0) is 25.0 Å². The van der Waals surface area contributed by atoms with Crippen LogP contribution in [0.3, 0.4) is 0 Å². The van der Waals surface area contributed by atoms with Gasteiger partial charge in [0.15, 0.2) is 5.78 Å². The Bertz CT molecular complexity index is 684. The van der Waals surface area contributed by atoms with Crippen molar-refractivity contribution in [1.29, 1.82) is 0 Å². The fraction of sp³-hybridized carbons (Fsp3) is 0.500. The molecule has 1 aliphatic carbocycles. The monoisotopic (exact) mass is 371 g/mol. The molecule has 26 heavy (non-hydrogen) atoms. The maximum atomic E-state index is 12.9. The minimum atomic E-state index is -4.65. The van der Waals surface area contributed by atoms with E-state index < -0.39 is 23.6 Å². The molecular weight excluding hydrogens is 351 g/mol. The third-order valence-corrected chi connectivity index (χ3v) is 4.11. The molecule has 8 heteroatoms. The summed E-state index contributed by atoms with van der Waals surface area (Å²) >= 11 is 0. The predicted molar refractivity (Wildman–Crippen MR) is 86.6 cm³/mol. The lowest BCUT2D eigenvalue weighted by molar-refractivity contribution is -0.141. The van der Waals surface area contributed by atoms with Crippen molar-refractivity contribution in [2.75, 3.05) is 20.3 Å². The number of ketones is 2. The highest BCUT2D eigenvalue weighted by atomic mass is 19.4. The summed E-state index contributed by atoms with van der Waals surface area (Å²) in [6.07, 6.45) is -3.23. The highest BCUT2D eigenvalue weighted by Gasteiger charge is 2.36. The number of hydrogen-bond acceptors (Lipinski definition) is 5. The average Bonchev–Trinajstić information content (AvgIpc) is 2.57. The predicted octanol–water partition coefficient (Wildman–Crippen LogP) is 3.37. The number of carbonyl (C=O) groups excluding carboxylic acids is 2. The van der Waals surface area contributed by atoms with E-state index in [9.17, 15) is 22.8 Å². The van der Waals surface area contributed by atoms with Gasteiger partial charge in [-0.1, -0.05) is 12.2 Å². The second-order valence-corrected chi connectivity index (χ2v) is 6.01. The summed E-state index contributed by atoms with van der Waals surface area (Å²) < 4.78 is 48.9. The van der Waals surface area contributed by atoms with Gasteiger partial charge in [-0.15, -0.1) is 0 Å². The SMILES string of the molecule is C=C1CCCC(=O)C1C(=O)c1ccc(C(F)(F)F)nc1COCCOC. The number of methoxy groups -OCH3 is 1. The summed E-state index contributed by atoms with van der Waals surface area (Å²) in [6.45, 7) is 3.87. The van der Waals surface area contributed by atoms with E-state index in [0.29, 0.717) is 18.4 Å². The van der Waals surface area contributed by atoms with Crippen LogP contribution >= 0.6 is 0 Å². The number of Topliss-reactive ketones (excluding diaryl/α,β-unsaturated/α-hetero) is 2. The number of allylic oxidation sites excluding steroid dienone is 1. The first-order valence-electron chi connectivity index (χ1n) is 8.14. The molecule has 142 valence electrons. The fourth-order valence-corrected chi connectivity index (χ4v) is 2.80. The van der Waals surface area contributed by atoms with Crippen LogP contribution in [0.1, 0.15) is 41.0 Å². The maximum Gasteiger partial charge on any atom is 0.433 e. The van der Waals surface area contributed by atoms with Gasteiger partial charge in [0.1, 0.15) is 17.4 Å². The molecule has 0 spiro atoms. The van der Waals surface area contributed by atoms with Gasteiger partial charge in [0.2, 0.25) is 0 Å². The molecule has 1 heterocycles. The first kappa shape index (κ1) is 20.3. The van der Waals surface area contributed by atoms with Gasteiger partial charge >= 0.3 is 6.18 Å². The lowest BCUT2D eigenvalue weighted by Gasteiger charge is -2.23. The molecule has 0 aromatic carbocycles. The molecule has 1 aromatic heterocycles. The standard InChI is InChI=1S/C18H20F3NO4/c1-11-4-3-5-14(23)16(11)17(24)12-6-7-15(18(19,20)21)22-13(12)10-26-9-8-25-2/h6-7,16H,1,3-5,8-10H2,2H3. The average molecular weight is 371 g/mol. The zero-order valence-electron chi connectivity index (χ0n) is 14.4. The van der Waals surface area contributed by atoms with Gasteiger partial charge in [-0.3, -0.25) is 9.59 Å². The second kappa shape index (κ2) is 8.55. The summed E-state index contributed by atoms with van der Waals surface area (Å²) in [5.74, 6) is -1.87. The zero-order valence-corrected chi connectivity index (χ0v) is 14.4. The van der Waals surface area contributed by atoms with E-state index in [1.165, 1.54) is 7.11 Å². The zero-order chi connectivity index (χ0) is 19.3. The van der Waals surface area contributed by atoms with Gasteiger partial charge in [0.25, 0.3) is 0 Å². The van der Waals surface area contributed by atoms with Crippen LogP contribution < -0.4 is 0 Å². The van der Waals surface area contributed by atoms with E-state index in [4.69, 9.17) is 9.47 Å². The van der Waals surface area contributed by atoms with Gasteiger partial charge < -0.3 is 9.47 Å². The molecule has 2 rings (SSSR count). The van der Waals surface area contributed by atoms with Crippen molar-refractivity contribution in [3.63, 3.8) is 0 Å². The molecule has 1 saturated carbocycles. The highest BCUT2D eigenvalue weighted by Crippen LogP contribution is 2.32. The molecule has 5 nitrogen and oxygen atoms in total. The highest BCUT2D eigenvalue weighted by molar-refractivity contribution is 6.13. The van der Waals surface area contributed by atoms with Crippen molar-refractivity contribution in [1.82, 2.24) is 4.98 Å². The first-order chi connectivity index (χ1) is 12.3. The van der Waals surface area contributed by atoms with Crippen LogP contribution in [0.2, 0.25) is 0 Å². The Kier molecular flexibility index (Phi) is 6.66. The van der Waals surface area contributed by atoms with E-state index in [2.05, 4.69) is 11.6 Å². The number of carbonyl (C=O) groups is 2. The van der Waals surface area contributed by atoms with Gasteiger partial charge in [-0.25, -0.2) is 4.98 Å². The maximum absolute atomic E-state index is 12.9. The van der Waals surface area contributed by atoms with Crippen molar-refractivity contribution in [3.05, 3.63) is 41.2 Å². The fourth-order valence-electron chi connectivity index (χ4n) is 2.80. The Morgan fingerprint density at radius 1 is 1.31 bits per heavy atom. The van der Waals surface area contributed by atoms with E-state index in [-0.39, 0.29) is 43.3 Å². The Labute approximate surface area is 149 Å². The van der Waals surface area contributed by atoms with Gasteiger partial charge in [-0.2, -0.15) is 13.2 Å². The van der Waals surface area contributed by atoms with Crippen LogP contribution in [0, 0.1) is 5.92 Å². The third kappa shape index (κ3) is 4.76. The van der Waals surface area contributed by atoms with Crippen LogP contribution in [0.15, 0.2) is 24.3 Å². The van der Waals surface area contributed by atoms with E-state index >= 15 is 0 Å².